The Morgan fingerprint density at radius 2 is 1.86 bits per heavy atom. The van der Waals surface area contributed by atoms with E-state index >= 15 is 0 Å². The number of nitrogens with zero attached hydrogens (tertiary/aromatic N) is 2. The van der Waals surface area contributed by atoms with Gasteiger partial charge in [-0.05, 0) is 26.2 Å². The Labute approximate surface area is 129 Å². The Morgan fingerprint density at radius 1 is 1.23 bits per heavy atom. The monoisotopic (exact) mass is 322 g/mol. The number of aliphatic hydroxyl groups is 1. The van der Waals surface area contributed by atoms with Gasteiger partial charge in [0.1, 0.15) is 0 Å². The maximum absolute atomic E-state index is 12.8. The summed E-state index contributed by atoms with van der Waals surface area (Å²) in [5.41, 5.74) is 0. The highest BCUT2D eigenvalue weighted by molar-refractivity contribution is 5.79. The van der Waals surface area contributed by atoms with Crippen LogP contribution in [0.3, 0.4) is 0 Å². The number of hydrogen-bond acceptors (Lipinski definition) is 3. The summed E-state index contributed by atoms with van der Waals surface area (Å²) in [5, 5.41) is 9.36. The van der Waals surface area contributed by atoms with Crippen LogP contribution in [0.1, 0.15) is 32.6 Å². The van der Waals surface area contributed by atoms with Gasteiger partial charge >= 0.3 is 6.18 Å². The summed E-state index contributed by atoms with van der Waals surface area (Å²) in [6, 6.07) is 0. The molecule has 0 spiro atoms. The molecule has 1 N–H and O–H groups in total. The molecule has 0 radical (unpaired) electrons. The first-order chi connectivity index (χ1) is 10.3. The van der Waals surface area contributed by atoms with Crippen molar-refractivity contribution in [3.63, 3.8) is 0 Å². The summed E-state index contributed by atoms with van der Waals surface area (Å²) >= 11 is 0. The van der Waals surface area contributed by atoms with Gasteiger partial charge in [-0.2, -0.15) is 13.2 Å². The van der Waals surface area contributed by atoms with Crippen LogP contribution in [0.4, 0.5) is 13.2 Å². The molecule has 1 saturated heterocycles. The Kier molecular flexibility index (Phi) is 5.71. The molecule has 1 saturated carbocycles. The van der Waals surface area contributed by atoms with Crippen molar-refractivity contribution < 1.29 is 23.1 Å². The average molecular weight is 322 g/mol. The molecular formula is C15H25F3N2O2. The van der Waals surface area contributed by atoms with Gasteiger partial charge in [0.05, 0.1) is 12.0 Å². The largest absolute Gasteiger partial charge is 0.392 e. The van der Waals surface area contributed by atoms with Crippen molar-refractivity contribution in [3.8, 4) is 0 Å². The minimum absolute atomic E-state index is 0.0593. The number of amides is 1. The average Bonchev–Trinajstić information content (AvgIpc) is 2.46. The number of piperazine rings is 1. The molecule has 3 unspecified atom stereocenters. The van der Waals surface area contributed by atoms with Crippen LogP contribution < -0.4 is 0 Å². The Balaban J connectivity index is 1.84. The lowest BCUT2D eigenvalue weighted by atomic mass is 9.80. The lowest BCUT2D eigenvalue weighted by molar-refractivity contribution is -0.187. The Hall–Kier alpha value is -0.820. The van der Waals surface area contributed by atoms with E-state index in [1.54, 1.807) is 11.8 Å². The van der Waals surface area contributed by atoms with Gasteiger partial charge in [-0.15, -0.1) is 0 Å². The molecule has 7 heteroatoms. The highest BCUT2D eigenvalue weighted by Crippen LogP contribution is 2.40. The van der Waals surface area contributed by atoms with E-state index in [2.05, 4.69) is 4.90 Å². The van der Waals surface area contributed by atoms with E-state index in [0.717, 1.165) is 0 Å². The maximum Gasteiger partial charge on any atom is 0.391 e. The minimum Gasteiger partial charge on any atom is -0.392 e. The zero-order valence-corrected chi connectivity index (χ0v) is 13.0. The van der Waals surface area contributed by atoms with Crippen molar-refractivity contribution in [1.29, 1.82) is 0 Å². The summed E-state index contributed by atoms with van der Waals surface area (Å²) in [7, 11) is 0. The van der Waals surface area contributed by atoms with E-state index in [9.17, 15) is 23.1 Å². The van der Waals surface area contributed by atoms with Crippen molar-refractivity contribution in [3.05, 3.63) is 0 Å². The van der Waals surface area contributed by atoms with Gasteiger partial charge < -0.3 is 10.0 Å². The van der Waals surface area contributed by atoms with E-state index in [4.69, 9.17) is 0 Å². The lowest BCUT2D eigenvalue weighted by Crippen LogP contribution is -2.52. The van der Waals surface area contributed by atoms with Crippen LogP contribution in [0.25, 0.3) is 0 Å². The standard InChI is InChI=1S/C15H25F3N2O2/c1-11(21)10-19-5-7-20(8-6-19)14(22)12-3-2-4-13(9-12)15(16,17)18/h11-13,21H,2-10H2,1H3. The van der Waals surface area contributed by atoms with E-state index < -0.39 is 24.1 Å². The number of aliphatic hydroxyl groups excluding tert-OH is 1. The summed E-state index contributed by atoms with van der Waals surface area (Å²) < 4.78 is 38.5. The van der Waals surface area contributed by atoms with Crippen molar-refractivity contribution in [1.82, 2.24) is 9.80 Å². The van der Waals surface area contributed by atoms with Crippen LogP contribution in [0, 0.1) is 11.8 Å². The molecule has 1 aliphatic heterocycles. The number of carbonyl (C=O) groups is 1. The molecule has 2 aliphatic rings. The van der Waals surface area contributed by atoms with Gasteiger partial charge in [-0.1, -0.05) is 6.42 Å². The van der Waals surface area contributed by atoms with Crippen LogP contribution in [-0.2, 0) is 4.79 Å². The van der Waals surface area contributed by atoms with Crippen LogP contribution >= 0.6 is 0 Å². The SMILES string of the molecule is CC(O)CN1CCN(C(=O)C2CCCC(C(F)(F)F)C2)CC1. The second-order valence-electron chi connectivity index (χ2n) is 6.58. The van der Waals surface area contributed by atoms with Gasteiger partial charge in [-0.25, -0.2) is 0 Å². The molecule has 1 heterocycles. The smallest absolute Gasteiger partial charge is 0.391 e. The van der Waals surface area contributed by atoms with Gasteiger partial charge in [0, 0.05) is 38.6 Å². The summed E-state index contributed by atoms with van der Waals surface area (Å²) in [6.45, 7) is 4.72. The van der Waals surface area contributed by atoms with Crippen LogP contribution in [0.15, 0.2) is 0 Å². The van der Waals surface area contributed by atoms with Gasteiger partial charge in [0.25, 0.3) is 0 Å². The topological polar surface area (TPSA) is 43.8 Å². The summed E-state index contributed by atoms with van der Waals surface area (Å²) in [4.78, 5) is 16.2. The molecule has 3 atom stereocenters. The quantitative estimate of drug-likeness (QED) is 0.863. The van der Waals surface area contributed by atoms with Crippen LogP contribution in [-0.4, -0.2) is 65.8 Å². The Bertz CT molecular complexity index is 379. The second kappa shape index (κ2) is 7.17. The molecule has 1 amide bonds. The number of carbonyl (C=O) groups excluding carboxylic acids is 1. The first-order valence-electron chi connectivity index (χ1n) is 8.03. The molecule has 0 aromatic heterocycles. The van der Waals surface area contributed by atoms with E-state index in [1.165, 1.54) is 0 Å². The van der Waals surface area contributed by atoms with Crippen LogP contribution in [0.2, 0.25) is 0 Å². The summed E-state index contributed by atoms with van der Waals surface area (Å²) in [5.74, 6) is -1.93. The molecule has 0 aromatic carbocycles. The number of β-amino-alcohol motifs (C(OH)–C–C–N with tert-alkyl or cyclic N) is 1. The van der Waals surface area contributed by atoms with Gasteiger partial charge in [0.2, 0.25) is 5.91 Å². The predicted octanol–water partition coefficient (Wildman–Crippen LogP) is 1.88. The first-order valence-corrected chi connectivity index (χ1v) is 8.03. The molecule has 2 rings (SSSR count). The van der Waals surface area contributed by atoms with Crippen molar-refractivity contribution >= 4 is 5.91 Å². The molecule has 0 aromatic rings. The zero-order valence-electron chi connectivity index (χ0n) is 13.0. The highest BCUT2D eigenvalue weighted by Gasteiger charge is 2.44. The Morgan fingerprint density at radius 3 is 2.41 bits per heavy atom. The second-order valence-corrected chi connectivity index (χ2v) is 6.58. The third-order valence-electron chi connectivity index (χ3n) is 4.69. The van der Waals surface area contributed by atoms with Gasteiger partial charge in [0.15, 0.2) is 0 Å². The van der Waals surface area contributed by atoms with Crippen molar-refractivity contribution in [2.45, 2.75) is 44.9 Å². The third-order valence-corrected chi connectivity index (χ3v) is 4.69. The molecule has 22 heavy (non-hydrogen) atoms. The van der Waals surface area contributed by atoms with E-state index in [1.807, 2.05) is 0 Å². The number of rotatable bonds is 3. The van der Waals surface area contributed by atoms with Gasteiger partial charge in [-0.3, -0.25) is 9.69 Å². The fraction of sp³-hybridized carbons (Fsp3) is 0.933. The van der Waals surface area contributed by atoms with E-state index in [0.29, 0.717) is 45.6 Å². The van der Waals surface area contributed by atoms with Crippen molar-refractivity contribution in [2.75, 3.05) is 32.7 Å². The lowest BCUT2D eigenvalue weighted by Gasteiger charge is -2.38. The summed E-state index contributed by atoms with van der Waals surface area (Å²) in [6.07, 6.45) is -3.46. The fourth-order valence-electron chi connectivity index (χ4n) is 3.49. The molecular weight excluding hydrogens is 297 g/mol. The number of halogens is 3. The molecule has 2 fully saturated rings. The molecule has 1 aliphatic carbocycles. The molecule has 128 valence electrons. The zero-order chi connectivity index (χ0) is 16.3. The van der Waals surface area contributed by atoms with E-state index in [-0.39, 0.29) is 18.7 Å². The predicted molar refractivity (Wildman–Crippen MR) is 76.2 cm³/mol. The highest BCUT2D eigenvalue weighted by atomic mass is 19.4. The molecule has 4 nitrogen and oxygen atoms in total. The minimum atomic E-state index is -4.19. The molecule has 0 bridgehead atoms. The normalized spacial score (nSPS) is 29.4. The number of hydrogen-bond donors (Lipinski definition) is 1. The first kappa shape index (κ1) is 17.5. The number of alkyl halides is 3. The maximum atomic E-state index is 12.8. The fourth-order valence-corrected chi connectivity index (χ4v) is 3.49. The third kappa shape index (κ3) is 4.59. The van der Waals surface area contributed by atoms with Crippen LogP contribution in [0.5, 0.6) is 0 Å². The van der Waals surface area contributed by atoms with Crippen molar-refractivity contribution in [2.24, 2.45) is 11.8 Å².